The van der Waals surface area contributed by atoms with Crippen LogP contribution in [0.5, 0.6) is 0 Å². The zero-order valence-electron chi connectivity index (χ0n) is 48.5. The largest absolute Gasteiger partial charge is 0.455 e. The van der Waals surface area contributed by atoms with Crippen molar-refractivity contribution in [3.05, 3.63) is 246 Å². The number of aromatic nitrogens is 1. The lowest BCUT2D eigenvalue weighted by Crippen LogP contribution is -2.16. The van der Waals surface area contributed by atoms with Crippen molar-refractivity contribution in [2.45, 2.75) is 90.9 Å². The van der Waals surface area contributed by atoms with E-state index < -0.39 is 0 Å². The van der Waals surface area contributed by atoms with E-state index in [1.807, 2.05) is 0 Å². The maximum Gasteiger partial charge on any atom is 0.143 e. The van der Waals surface area contributed by atoms with E-state index in [-0.39, 0.29) is 21.7 Å². The highest BCUT2D eigenvalue weighted by atomic mass is 16.3. The Hall–Kier alpha value is -9.12. The zero-order chi connectivity index (χ0) is 55.9. The first kappa shape index (κ1) is 48.8. The van der Waals surface area contributed by atoms with Gasteiger partial charge >= 0.3 is 0 Å². The van der Waals surface area contributed by atoms with Crippen molar-refractivity contribution >= 4 is 105 Å². The second-order valence-corrected chi connectivity index (χ2v) is 26.6. The van der Waals surface area contributed by atoms with Crippen LogP contribution in [0.25, 0.3) is 93.1 Å². The van der Waals surface area contributed by atoms with Gasteiger partial charge in [0, 0.05) is 88.7 Å². The van der Waals surface area contributed by atoms with Crippen LogP contribution in [-0.2, 0) is 21.7 Å². The zero-order valence-corrected chi connectivity index (χ0v) is 48.5. The van der Waals surface area contributed by atoms with Crippen LogP contribution < -0.4 is 9.80 Å². The SMILES string of the molecule is CC(C)(C)c1cccc(N(c2ccc3c(c2)-c2ccccc2C3(C)C)c2ccc3c(c2)oc2c4cc5c(cc4ccc32)c2cccc3c4ccc(N(c6cccc(C(C)(C)C)c6)c6ccc7c(c6)-c6ccccc6C7(C)C)cc4n5c32)c1. The summed E-state index contributed by atoms with van der Waals surface area (Å²) in [7, 11) is 0. The number of benzene rings is 11. The molecule has 2 aliphatic rings. The summed E-state index contributed by atoms with van der Waals surface area (Å²) in [6.45, 7) is 23.2. The van der Waals surface area contributed by atoms with E-state index in [0.717, 1.165) is 66.8 Å². The first-order chi connectivity index (χ1) is 39.4. The molecule has 3 aromatic heterocycles. The first-order valence-electron chi connectivity index (χ1n) is 29.2. The Kier molecular flexibility index (Phi) is 9.95. The molecule has 398 valence electrons. The molecule has 4 nitrogen and oxygen atoms in total. The van der Waals surface area contributed by atoms with Crippen LogP contribution in [-0.4, -0.2) is 4.40 Å². The molecule has 16 rings (SSSR count). The summed E-state index contributed by atoms with van der Waals surface area (Å²) in [6, 6.07) is 80.4. The van der Waals surface area contributed by atoms with E-state index in [0.29, 0.717) is 0 Å². The Morgan fingerprint density at radius 3 is 1.39 bits per heavy atom. The number of hydrogen-bond acceptors (Lipinski definition) is 3. The Balaban J connectivity index is 0.879. The molecule has 0 atom stereocenters. The molecule has 0 saturated carbocycles. The fourth-order valence-corrected chi connectivity index (χ4v) is 14.6. The maximum atomic E-state index is 7.24. The molecule has 3 heterocycles. The van der Waals surface area contributed by atoms with Gasteiger partial charge in [0.2, 0.25) is 0 Å². The normalized spacial score (nSPS) is 14.4. The molecule has 0 unspecified atom stereocenters. The summed E-state index contributed by atoms with van der Waals surface area (Å²) in [5.74, 6) is 0. The van der Waals surface area contributed by atoms with Crippen molar-refractivity contribution in [1.29, 1.82) is 0 Å². The molecule has 82 heavy (non-hydrogen) atoms. The third kappa shape index (κ3) is 6.91. The quantitative estimate of drug-likeness (QED) is 0.166. The molecule has 0 aliphatic heterocycles. The molecule has 4 heteroatoms. The Bertz CT molecular complexity index is 5030. The van der Waals surface area contributed by atoms with Gasteiger partial charge in [0.05, 0.1) is 16.6 Å². The van der Waals surface area contributed by atoms with E-state index >= 15 is 0 Å². The number of fused-ring (bicyclic) bond motifs is 17. The minimum absolute atomic E-state index is 0.0259. The highest BCUT2D eigenvalue weighted by molar-refractivity contribution is 6.27. The lowest BCUT2D eigenvalue weighted by Gasteiger charge is -2.29. The number of para-hydroxylation sites is 1. The molecular weight excluding hydrogens is 995 g/mol. The van der Waals surface area contributed by atoms with Crippen molar-refractivity contribution in [1.82, 2.24) is 4.40 Å². The summed E-state index contributed by atoms with van der Waals surface area (Å²) in [6.07, 6.45) is 0. The molecule has 0 fully saturated rings. The van der Waals surface area contributed by atoms with Gasteiger partial charge in [-0.05, 0) is 163 Å². The minimum atomic E-state index is -0.0854. The monoisotopic (exact) mass is 1060 g/mol. The predicted octanol–water partition coefficient (Wildman–Crippen LogP) is 22.0. The highest BCUT2D eigenvalue weighted by Crippen LogP contribution is 2.54. The minimum Gasteiger partial charge on any atom is -0.455 e. The van der Waals surface area contributed by atoms with Crippen molar-refractivity contribution in [3.63, 3.8) is 0 Å². The van der Waals surface area contributed by atoms with Gasteiger partial charge in [0.25, 0.3) is 0 Å². The maximum absolute atomic E-state index is 7.24. The molecule has 0 bridgehead atoms. The summed E-state index contributed by atoms with van der Waals surface area (Å²) < 4.78 is 9.77. The first-order valence-corrected chi connectivity index (χ1v) is 29.2. The second kappa shape index (κ2) is 16.7. The summed E-state index contributed by atoms with van der Waals surface area (Å²) in [4.78, 5) is 4.89. The molecule has 14 aromatic rings. The number of rotatable bonds is 6. The predicted molar refractivity (Wildman–Crippen MR) is 348 cm³/mol. The van der Waals surface area contributed by atoms with Gasteiger partial charge in [0.15, 0.2) is 0 Å². The van der Waals surface area contributed by atoms with Crippen molar-refractivity contribution in [3.8, 4) is 22.3 Å². The van der Waals surface area contributed by atoms with E-state index in [4.69, 9.17) is 4.42 Å². The van der Waals surface area contributed by atoms with Crippen LogP contribution in [0, 0.1) is 0 Å². The van der Waals surface area contributed by atoms with Crippen molar-refractivity contribution in [2.24, 2.45) is 0 Å². The molecule has 0 spiro atoms. The average molecular weight is 1060 g/mol. The molecule has 0 radical (unpaired) electrons. The molecule has 2 aliphatic carbocycles. The van der Waals surface area contributed by atoms with E-state index in [9.17, 15) is 0 Å². The fraction of sp³-hybridized carbons (Fsp3) is 0.179. The van der Waals surface area contributed by atoms with E-state index in [1.165, 1.54) is 93.7 Å². The molecule has 0 amide bonds. The Morgan fingerprint density at radius 1 is 0.341 bits per heavy atom. The van der Waals surface area contributed by atoms with E-state index in [2.05, 4.69) is 296 Å². The van der Waals surface area contributed by atoms with Crippen LogP contribution in [0.3, 0.4) is 0 Å². The summed E-state index contributed by atoms with van der Waals surface area (Å²) >= 11 is 0. The van der Waals surface area contributed by atoms with Gasteiger partial charge in [-0.3, -0.25) is 0 Å². The van der Waals surface area contributed by atoms with Gasteiger partial charge in [-0.25, -0.2) is 0 Å². The van der Waals surface area contributed by atoms with Crippen LogP contribution in [0.1, 0.15) is 103 Å². The van der Waals surface area contributed by atoms with Crippen molar-refractivity contribution in [2.75, 3.05) is 9.80 Å². The smallest absolute Gasteiger partial charge is 0.143 e. The third-order valence-corrected chi connectivity index (χ3v) is 19.0. The topological polar surface area (TPSA) is 24.0 Å². The molecule has 0 N–H and O–H groups in total. The number of furan rings is 1. The fourth-order valence-electron chi connectivity index (χ4n) is 14.6. The third-order valence-electron chi connectivity index (χ3n) is 19.0. The molecule has 11 aromatic carbocycles. The molecule has 0 saturated heterocycles. The lowest BCUT2D eigenvalue weighted by atomic mass is 9.82. The van der Waals surface area contributed by atoms with Gasteiger partial charge in [-0.1, -0.05) is 184 Å². The number of anilines is 6. The second-order valence-electron chi connectivity index (χ2n) is 26.6. The standard InChI is InChI=1S/C78H65N3O/c1-75(2,3)47-18-15-20-49(39-47)79(51-31-36-68-63(41-51)55-22-11-13-26-66(55)77(68,7)8)53-29-34-57-59-24-17-25-60-65-38-46-28-33-61-58-35-30-54(44-72(58)82-74(61)62(46)45-71(65)81(73(59)60)70(57)43-53)80(50-21-16-19-48(40-50)76(4,5)6)52-32-37-69-64(42-52)56-23-12-14-27-67(56)78(69,9)10/h11-45H,1-10H3. The van der Waals surface area contributed by atoms with Crippen molar-refractivity contribution < 1.29 is 4.42 Å². The van der Waals surface area contributed by atoms with Crippen LogP contribution in [0.4, 0.5) is 34.1 Å². The number of hydrogen-bond donors (Lipinski definition) is 0. The Morgan fingerprint density at radius 2 is 0.805 bits per heavy atom. The summed E-state index contributed by atoms with van der Waals surface area (Å²) in [5.41, 5.74) is 25.1. The van der Waals surface area contributed by atoms with Crippen LogP contribution >= 0.6 is 0 Å². The highest BCUT2D eigenvalue weighted by Gasteiger charge is 2.37. The van der Waals surface area contributed by atoms with Gasteiger partial charge in [-0.15, -0.1) is 0 Å². The van der Waals surface area contributed by atoms with E-state index in [1.54, 1.807) is 0 Å². The van der Waals surface area contributed by atoms with Gasteiger partial charge < -0.3 is 18.6 Å². The lowest BCUT2D eigenvalue weighted by molar-refractivity contribution is 0.590. The van der Waals surface area contributed by atoms with Gasteiger partial charge in [-0.2, -0.15) is 0 Å². The Labute approximate surface area is 479 Å². The van der Waals surface area contributed by atoms with Crippen LogP contribution in [0.15, 0.2) is 217 Å². The summed E-state index contributed by atoms with van der Waals surface area (Å²) in [5, 5.41) is 9.46. The van der Waals surface area contributed by atoms with Crippen LogP contribution in [0.2, 0.25) is 0 Å². The molecular formula is C78H65N3O. The average Bonchev–Trinajstić information content (AvgIpc) is 4.35. The van der Waals surface area contributed by atoms with Gasteiger partial charge in [0.1, 0.15) is 11.2 Å². The number of nitrogens with zero attached hydrogens (tertiary/aromatic N) is 3.